The van der Waals surface area contributed by atoms with Crippen LogP contribution < -0.4 is 19.5 Å². The molecule has 0 aliphatic rings. The summed E-state index contributed by atoms with van der Waals surface area (Å²) in [5.41, 5.74) is 1.46. The lowest BCUT2D eigenvalue weighted by molar-refractivity contribution is -0.115. The third-order valence-corrected chi connectivity index (χ3v) is 4.70. The van der Waals surface area contributed by atoms with Crippen molar-refractivity contribution in [3.8, 4) is 17.2 Å². The second-order valence-electron chi connectivity index (χ2n) is 6.83. The molecule has 1 aromatic heterocycles. The molecule has 0 unspecified atom stereocenters. The van der Waals surface area contributed by atoms with Gasteiger partial charge in [-0.05, 0) is 42.8 Å². The van der Waals surface area contributed by atoms with Crippen LogP contribution in [-0.4, -0.2) is 37.0 Å². The van der Waals surface area contributed by atoms with E-state index in [0.717, 1.165) is 18.2 Å². The fourth-order valence-corrected chi connectivity index (χ4v) is 3.19. The number of nitrogens with zero attached hydrogens (tertiary/aromatic N) is 2. The Morgan fingerprint density at radius 1 is 1.06 bits per heavy atom. The first-order valence-corrected chi connectivity index (χ1v) is 9.41. The minimum absolute atomic E-state index is 0.0235. The van der Waals surface area contributed by atoms with Crippen molar-refractivity contribution in [2.75, 3.05) is 26.6 Å². The van der Waals surface area contributed by atoms with Gasteiger partial charge in [-0.15, -0.1) is 0 Å². The van der Waals surface area contributed by atoms with Gasteiger partial charge >= 0.3 is 0 Å². The SMILES string of the molecule is COc1cc(CC(=O)Nc2c(C)cnn2Cc2cc(F)ccc2F)cc(OC)c1OC. The van der Waals surface area contributed by atoms with Crippen LogP contribution in [0.4, 0.5) is 14.6 Å². The second kappa shape index (κ2) is 9.46. The van der Waals surface area contributed by atoms with Gasteiger partial charge in [-0.3, -0.25) is 4.79 Å². The van der Waals surface area contributed by atoms with Gasteiger partial charge in [0.2, 0.25) is 11.7 Å². The Morgan fingerprint density at radius 3 is 2.35 bits per heavy atom. The highest BCUT2D eigenvalue weighted by Crippen LogP contribution is 2.38. The molecule has 7 nitrogen and oxygen atoms in total. The average molecular weight is 431 g/mol. The van der Waals surface area contributed by atoms with E-state index in [1.807, 2.05) is 0 Å². The van der Waals surface area contributed by atoms with Crippen LogP contribution in [0.2, 0.25) is 0 Å². The first kappa shape index (κ1) is 22.1. The first-order valence-electron chi connectivity index (χ1n) is 9.41. The van der Waals surface area contributed by atoms with E-state index >= 15 is 0 Å². The summed E-state index contributed by atoms with van der Waals surface area (Å²) < 4.78 is 44.8. The summed E-state index contributed by atoms with van der Waals surface area (Å²) in [6.45, 7) is 1.73. The van der Waals surface area contributed by atoms with Crippen LogP contribution in [-0.2, 0) is 17.8 Å². The number of carbonyl (C=O) groups is 1. The summed E-state index contributed by atoms with van der Waals surface area (Å²) in [5.74, 6) is 0.289. The molecule has 1 N–H and O–H groups in total. The Morgan fingerprint density at radius 2 is 1.74 bits per heavy atom. The van der Waals surface area contributed by atoms with Crippen molar-refractivity contribution in [3.05, 3.63) is 64.9 Å². The van der Waals surface area contributed by atoms with Crippen LogP contribution in [0.15, 0.2) is 36.5 Å². The van der Waals surface area contributed by atoms with Gasteiger partial charge in [0.25, 0.3) is 0 Å². The van der Waals surface area contributed by atoms with Crippen molar-refractivity contribution < 1.29 is 27.8 Å². The van der Waals surface area contributed by atoms with Gasteiger partial charge in [0.1, 0.15) is 17.5 Å². The van der Waals surface area contributed by atoms with Crippen LogP contribution in [0, 0.1) is 18.6 Å². The standard InChI is InChI=1S/C22H23F2N3O4/c1-13-11-25-27(12-15-10-16(23)5-6-17(15)24)22(13)26-20(28)9-14-7-18(29-2)21(31-4)19(8-14)30-3/h5-8,10-11H,9,12H2,1-4H3,(H,26,28). The molecule has 1 heterocycles. The van der Waals surface area contributed by atoms with Crippen molar-refractivity contribution in [3.63, 3.8) is 0 Å². The molecule has 2 aromatic carbocycles. The third-order valence-electron chi connectivity index (χ3n) is 4.70. The molecule has 0 aliphatic heterocycles. The number of amides is 1. The summed E-state index contributed by atoms with van der Waals surface area (Å²) >= 11 is 0. The van der Waals surface area contributed by atoms with E-state index in [0.29, 0.717) is 34.2 Å². The largest absolute Gasteiger partial charge is 0.493 e. The Balaban J connectivity index is 1.80. The summed E-state index contributed by atoms with van der Waals surface area (Å²) in [6.07, 6.45) is 1.57. The van der Waals surface area contributed by atoms with E-state index in [-0.39, 0.29) is 24.4 Å². The average Bonchev–Trinajstić information content (AvgIpc) is 3.08. The predicted molar refractivity (Wildman–Crippen MR) is 111 cm³/mol. The molecule has 164 valence electrons. The van der Waals surface area contributed by atoms with Gasteiger partial charge in [0.15, 0.2) is 11.5 Å². The number of anilines is 1. The molecule has 0 radical (unpaired) electrons. The van der Waals surface area contributed by atoms with Crippen molar-refractivity contribution >= 4 is 11.7 Å². The van der Waals surface area contributed by atoms with Crippen LogP contribution in [0.1, 0.15) is 16.7 Å². The summed E-state index contributed by atoms with van der Waals surface area (Å²) in [6, 6.07) is 6.59. The highest BCUT2D eigenvalue weighted by molar-refractivity contribution is 5.92. The van der Waals surface area contributed by atoms with E-state index < -0.39 is 11.6 Å². The monoisotopic (exact) mass is 431 g/mol. The van der Waals surface area contributed by atoms with Crippen LogP contribution in [0.25, 0.3) is 0 Å². The molecule has 0 saturated carbocycles. The molecule has 0 saturated heterocycles. The number of hydrogen-bond donors (Lipinski definition) is 1. The number of carbonyl (C=O) groups excluding carboxylic acids is 1. The lowest BCUT2D eigenvalue weighted by Crippen LogP contribution is -2.19. The van der Waals surface area contributed by atoms with Crippen molar-refractivity contribution in [1.29, 1.82) is 0 Å². The van der Waals surface area contributed by atoms with E-state index in [9.17, 15) is 13.6 Å². The second-order valence-corrected chi connectivity index (χ2v) is 6.83. The molecule has 0 bridgehead atoms. The van der Waals surface area contributed by atoms with Gasteiger partial charge in [0.05, 0.1) is 40.5 Å². The molecule has 3 rings (SSSR count). The smallest absolute Gasteiger partial charge is 0.229 e. The third kappa shape index (κ3) is 4.93. The lowest BCUT2D eigenvalue weighted by Gasteiger charge is -2.14. The predicted octanol–water partition coefficient (Wildman–Crippen LogP) is 3.73. The van der Waals surface area contributed by atoms with Crippen molar-refractivity contribution in [2.45, 2.75) is 19.9 Å². The molecule has 1 amide bonds. The van der Waals surface area contributed by atoms with Gasteiger partial charge in [-0.25, -0.2) is 13.5 Å². The van der Waals surface area contributed by atoms with Gasteiger partial charge in [0, 0.05) is 11.1 Å². The highest BCUT2D eigenvalue weighted by atomic mass is 19.1. The molecular formula is C22H23F2N3O4. The van der Waals surface area contributed by atoms with Crippen molar-refractivity contribution in [2.24, 2.45) is 0 Å². The number of aryl methyl sites for hydroxylation is 1. The number of halogens is 2. The zero-order valence-electron chi connectivity index (χ0n) is 17.7. The number of benzene rings is 2. The minimum Gasteiger partial charge on any atom is -0.493 e. The Bertz CT molecular complexity index is 1070. The number of hydrogen-bond acceptors (Lipinski definition) is 5. The maximum atomic E-state index is 14.0. The molecule has 0 spiro atoms. The normalized spacial score (nSPS) is 10.6. The van der Waals surface area contributed by atoms with Crippen molar-refractivity contribution in [1.82, 2.24) is 9.78 Å². The Kier molecular flexibility index (Phi) is 6.74. The van der Waals surface area contributed by atoms with E-state index in [1.54, 1.807) is 25.3 Å². The Labute approximate surface area is 178 Å². The lowest BCUT2D eigenvalue weighted by atomic mass is 10.1. The summed E-state index contributed by atoms with van der Waals surface area (Å²) in [7, 11) is 4.49. The van der Waals surface area contributed by atoms with Gasteiger partial charge < -0.3 is 19.5 Å². The summed E-state index contributed by atoms with van der Waals surface area (Å²) in [4.78, 5) is 12.7. The first-order chi connectivity index (χ1) is 14.9. The molecule has 0 atom stereocenters. The van der Waals surface area contributed by atoms with E-state index in [2.05, 4.69) is 10.4 Å². The molecule has 31 heavy (non-hydrogen) atoms. The van der Waals surface area contributed by atoms with Crippen LogP contribution in [0.5, 0.6) is 17.2 Å². The van der Waals surface area contributed by atoms with E-state index in [4.69, 9.17) is 14.2 Å². The number of ether oxygens (including phenoxy) is 3. The molecule has 0 fully saturated rings. The topological polar surface area (TPSA) is 74.6 Å². The van der Waals surface area contributed by atoms with Gasteiger partial charge in [-0.2, -0.15) is 5.10 Å². The maximum Gasteiger partial charge on any atom is 0.229 e. The molecule has 0 aliphatic carbocycles. The maximum absolute atomic E-state index is 14.0. The summed E-state index contributed by atoms with van der Waals surface area (Å²) in [5, 5.41) is 6.97. The number of aromatic nitrogens is 2. The molecule has 3 aromatic rings. The highest BCUT2D eigenvalue weighted by Gasteiger charge is 2.17. The number of nitrogens with one attached hydrogen (secondary N) is 1. The zero-order chi connectivity index (χ0) is 22.5. The quantitative estimate of drug-likeness (QED) is 0.588. The fourth-order valence-electron chi connectivity index (χ4n) is 3.19. The Hall–Kier alpha value is -3.62. The minimum atomic E-state index is -0.552. The zero-order valence-corrected chi connectivity index (χ0v) is 17.7. The van der Waals surface area contributed by atoms with Gasteiger partial charge in [-0.1, -0.05) is 0 Å². The van der Waals surface area contributed by atoms with E-state index in [1.165, 1.54) is 26.0 Å². The van der Waals surface area contributed by atoms with Crippen LogP contribution in [0.3, 0.4) is 0 Å². The molecular weight excluding hydrogens is 408 g/mol. The fraction of sp³-hybridized carbons (Fsp3) is 0.273. The van der Waals surface area contributed by atoms with Crippen LogP contribution >= 0.6 is 0 Å². The molecule has 9 heteroatoms. The number of rotatable bonds is 8. The number of methoxy groups -OCH3 is 3.